The first-order chi connectivity index (χ1) is 12.1. The molecule has 0 saturated carbocycles. The Morgan fingerprint density at radius 2 is 1.96 bits per heavy atom. The number of ether oxygens (including phenoxy) is 1. The monoisotopic (exact) mass is 339 g/mol. The molecule has 1 aliphatic heterocycles. The number of hydrogen-bond donors (Lipinski definition) is 2. The van der Waals surface area contributed by atoms with Gasteiger partial charge in [-0.05, 0) is 37.0 Å². The Morgan fingerprint density at radius 3 is 2.64 bits per heavy atom. The number of aryl methyl sites for hydroxylation is 2. The SMILES string of the molecule is CCCCCc1cc(O)c(-c2cccc(C)c2)c(O)c1C1=NCCO1. The zero-order valence-electron chi connectivity index (χ0n) is 14.9. The van der Waals surface area contributed by atoms with E-state index in [0.29, 0.717) is 30.2 Å². The molecule has 0 radical (unpaired) electrons. The molecule has 0 aliphatic carbocycles. The van der Waals surface area contributed by atoms with E-state index < -0.39 is 0 Å². The average Bonchev–Trinajstić information content (AvgIpc) is 3.09. The number of aliphatic imine (C=N–C) groups is 1. The zero-order valence-corrected chi connectivity index (χ0v) is 14.9. The highest BCUT2D eigenvalue weighted by Crippen LogP contribution is 2.42. The van der Waals surface area contributed by atoms with Crippen LogP contribution in [0.3, 0.4) is 0 Å². The second-order valence-electron chi connectivity index (χ2n) is 6.52. The molecule has 1 aliphatic rings. The maximum absolute atomic E-state index is 11.0. The molecule has 0 bridgehead atoms. The fraction of sp³-hybridized carbons (Fsp3) is 0.381. The lowest BCUT2D eigenvalue weighted by molar-refractivity contribution is 0.346. The van der Waals surface area contributed by atoms with Crippen LogP contribution < -0.4 is 0 Å². The minimum atomic E-state index is 0.0535. The predicted octanol–water partition coefficient (Wildman–Crippen LogP) is 4.58. The highest BCUT2D eigenvalue weighted by atomic mass is 16.5. The van der Waals surface area contributed by atoms with Gasteiger partial charge in [-0.25, -0.2) is 4.99 Å². The van der Waals surface area contributed by atoms with E-state index in [9.17, 15) is 10.2 Å². The Kier molecular flexibility index (Phi) is 5.27. The number of phenolic OH excluding ortho intramolecular Hbond substituents is 2. The normalized spacial score (nSPS) is 13.6. The van der Waals surface area contributed by atoms with E-state index in [2.05, 4.69) is 11.9 Å². The maximum atomic E-state index is 11.0. The van der Waals surface area contributed by atoms with Crippen molar-refractivity contribution < 1.29 is 14.9 Å². The molecule has 0 atom stereocenters. The molecule has 0 amide bonds. The smallest absolute Gasteiger partial charge is 0.220 e. The van der Waals surface area contributed by atoms with Gasteiger partial charge in [0.15, 0.2) is 0 Å². The van der Waals surface area contributed by atoms with Crippen LogP contribution in [0.2, 0.25) is 0 Å². The fourth-order valence-corrected chi connectivity index (χ4v) is 3.28. The van der Waals surface area contributed by atoms with Gasteiger partial charge in [0.25, 0.3) is 0 Å². The first-order valence-corrected chi connectivity index (χ1v) is 8.94. The minimum Gasteiger partial charge on any atom is -0.507 e. The van der Waals surface area contributed by atoms with Crippen molar-refractivity contribution in [2.24, 2.45) is 4.99 Å². The van der Waals surface area contributed by atoms with Crippen molar-refractivity contribution in [1.29, 1.82) is 0 Å². The summed E-state index contributed by atoms with van der Waals surface area (Å²) in [5.74, 6) is 0.632. The summed E-state index contributed by atoms with van der Waals surface area (Å²) < 4.78 is 5.63. The molecule has 4 heteroatoms. The van der Waals surface area contributed by atoms with Crippen molar-refractivity contribution >= 4 is 5.90 Å². The van der Waals surface area contributed by atoms with Crippen molar-refractivity contribution in [2.75, 3.05) is 13.2 Å². The highest BCUT2D eigenvalue weighted by Gasteiger charge is 2.24. The van der Waals surface area contributed by atoms with Crippen LogP contribution in [0, 0.1) is 6.92 Å². The second kappa shape index (κ2) is 7.60. The number of rotatable bonds is 6. The van der Waals surface area contributed by atoms with E-state index in [1.54, 1.807) is 6.07 Å². The summed E-state index contributed by atoms with van der Waals surface area (Å²) in [4.78, 5) is 4.39. The first-order valence-electron chi connectivity index (χ1n) is 8.94. The lowest BCUT2D eigenvalue weighted by atomic mass is 9.93. The van der Waals surface area contributed by atoms with Crippen molar-refractivity contribution in [3.05, 3.63) is 47.0 Å². The van der Waals surface area contributed by atoms with Gasteiger partial charge in [-0.3, -0.25) is 0 Å². The van der Waals surface area contributed by atoms with Crippen LogP contribution in [0.4, 0.5) is 0 Å². The van der Waals surface area contributed by atoms with Gasteiger partial charge >= 0.3 is 0 Å². The topological polar surface area (TPSA) is 62.0 Å². The molecular formula is C21H25NO3. The molecule has 2 aromatic rings. The number of hydrogen-bond acceptors (Lipinski definition) is 4. The summed E-state index contributed by atoms with van der Waals surface area (Å²) in [6.45, 7) is 5.27. The largest absolute Gasteiger partial charge is 0.507 e. The molecule has 2 aromatic carbocycles. The Morgan fingerprint density at radius 1 is 1.12 bits per heavy atom. The Hall–Kier alpha value is -2.49. The fourth-order valence-electron chi connectivity index (χ4n) is 3.28. The number of benzene rings is 2. The molecule has 0 aromatic heterocycles. The average molecular weight is 339 g/mol. The van der Waals surface area contributed by atoms with Gasteiger partial charge in [0, 0.05) is 0 Å². The molecule has 3 rings (SSSR count). The van der Waals surface area contributed by atoms with E-state index in [1.165, 1.54) is 0 Å². The van der Waals surface area contributed by atoms with Gasteiger partial charge in [0.2, 0.25) is 5.90 Å². The zero-order chi connectivity index (χ0) is 17.8. The maximum Gasteiger partial charge on any atom is 0.220 e. The molecule has 0 spiro atoms. The molecule has 132 valence electrons. The molecular weight excluding hydrogens is 314 g/mol. The summed E-state index contributed by atoms with van der Waals surface area (Å²) in [6, 6.07) is 9.50. The highest BCUT2D eigenvalue weighted by molar-refractivity contribution is 6.02. The third kappa shape index (κ3) is 3.63. The molecule has 0 saturated heterocycles. The first kappa shape index (κ1) is 17.3. The summed E-state index contributed by atoms with van der Waals surface area (Å²) in [7, 11) is 0. The summed E-state index contributed by atoms with van der Waals surface area (Å²) in [5, 5.41) is 21.6. The molecule has 0 fully saturated rings. The van der Waals surface area contributed by atoms with Crippen molar-refractivity contribution in [2.45, 2.75) is 39.5 Å². The lowest BCUT2D eigenvalue weighted by Gasteiger charge is -2.17. The van der Waals surface area contributed by atoms with E-state index in [0.717, 1.165) is 42.4 Å². The summed E-state index contributed by atoms with van der Waals surface area (Å²) >= 11 is 0. The van der Waals surface area contributed by atoms with E-state index in [4.69, 9.17) is 4.74 Å². The molecule has 25 heavy (non-hydrogen) atoms. The number of phenols is 2. The van der Waals surface area contributed by atoms with Gasteiger partial charge in [0.1, 0.15) is 18.1 Å². The summed E-state index contributed by atoms with van der Waals surface area (Å²) in [5.41, 5.74) is 3.81. The molecule has 2 N–H and O–H groups in total. The van der Waals surface area contributed by atoms with Gasteiger partial charge in [-0.15, -0.1) is 0 Å². The van der Waals surface area contributed by atoms with E-state index in [1.807, 2.05) is 31.2 Å². The van der Waals surface area contributed by atoms with Crippen LogP contribution in [-0.4, -0.2) is 29.3 Å². The lowest BCUT2D eigenvalue weighted by Crippen LogP contribution is -2.07. The Balaban J connectivity index is 2.13. The molecule has 1 heterocycles. The summed E-state index contributed by atoms with van der Waals surface area (Å²) in [6.07, 6.45) is 4.00. The standard InChI is InChI=1S/C21H25NO3/c1-3-4-5-8-16-13-17(23)18(15-9-6-7-14(2)12-15)20(24)19(16)21-22-10-11-25-21/h6-7,9,12-13,23-24H,3-5,8,10-11H2,1-2H3. The van der Waals surface area contributed by atoms with Crippen LogP contribution in [0.25, 0.3) is 11.1 Å². The Labute approximate surface area is 148 Å². The Bertz CT molecular complexity index is 796. The third-order valence-electron chi connectivity index (χ3n) is 4.52. The molecule has 4 nitrogen and oxygen atoms in total. The number of aromatic hydroxyl groups is 2. The van der Waals surface area contributed by atoms with Crippen molar-refractivity contribution in [1.82, 2.24) is 0 Å². The number of nitrogens with zero attached hydrogens (tertiary/aromatic N) is 1. The number of unbranched alkanes of at least 4 members (excludes halogenated alkanes) is 2. The van der Waals surface area contributed by atoms with Gasteiger partial charge in [-0.2, -0.15) is 0 Å². The second-order valence-corrected chi connectivity index (χ2v) is 6.52. The van der Waals surface area contributed by atoms with Gasteiger partial charge in [-0.1, -0.05) is 49.6 Å². The van der Waals surface area contributed by atoms with Crippen LogP contribution >= 0.6 is 0 Å². The molecule has 0 unspecified atom stereocenters. The van der Waals surface area contributed by atoms with E-state index >= 15 is 0 Å². The van der Waals surface area contributed by atoms with Crippen LogP contribution in [0.5, 0.6) is 11.5 Å². The van der Waals surface area contributed by atoms with Crippen LogP contribution in [0.15, 0.2) is 35.3 Å². The van der Waals surface area contributed by atoms with Crippen molar-refractivity contribution in [3.63, 3.8) is 0 Å². The van der Waals surface area contributed by atoms with Crippen LogP contribution in [0.1, 0.15) is 42.9 Å². The quantitative estimate of drug-likeness (QED) is 0.757. The van der Waals surface area contributed by atoms with Crippen LogP contribution in [-0.2, 0) is 11.2 Å². The van der Waals surface area contributed by atoms with Crippen molar-refractivity contribution in [3.8, 4) is 22.6 Å². The minimum absolute atomic E-state index is 0.0535. The van der Waals surface area contributed by atoms with E-state index in [-0.39, 0.29) is 11.5 Å². The third-order valence-corrected chi connectivity index (χ3v) is 4.52. The van der Waals surface area contributed by atoms with Gasteiger partial charge in [0.05, 0.1) is 17.7 Å². The predicted molar refractivity (Wildman–Crippen MR) is 101 cm³/mol. The van der Waals surface area contributed by atoms with Gasteiger partial charge < -0.3 is 14.9 Å².